The number of hydrogen-bond acceptors (Lipinski definition) is 5. The Labute approximate surface area is 130 Å². The van der Waals surface area contributed by atoms with Gasteiger partial charge in [0.05, 0.1) is 9.82 Å². The molecule has 0 heterocycles. The molecule has 22 heavy (non-hydrogen) atoms. The van der Waals surface area contributed by atoms with Crippen LogP contribution in [0.25, 0.3) is 0 Å². The summed E-state index contributed by atoms with van der Waals surface area (Å²) in [5.41, 5.74) is 6.17. The summed E-state index contributed by atoms with van der Waals surface area (Å²) in [7, 11) is -3.77. The standard InChI is InChI=1S/C14H21N3O4S/c1-2-10-3-8-13(17(18)19)9-14(10)22(20,21)16-12-6-4-11(15)5-7-12/h3,8-9,11-12,16H,2,4-7,15H2,1H3. The molecule has 0 spiro atoms. The van der Waals surface area contributed by atoms with E-state index in [1.807, 2.05) is 6.92 Å². The lowest BCUT2D eigenvalue weighted by Gasteiger charge is -2.26. The van der Waals surface area contributed by atoms with E-state index in [2.05, 4.69) is 4.72 Å². The van der Waals surface area contributed by atoms with Crippen molar-refractivity contribution < 1.29 is 13.3 Å². The minimum atomic E-state index is -3.77. The number of benzene rings is 1. The fourth-order valence-corrected chi connectivity index (χ4v) is 4.35. The normalized spacial score (nSPS) is 22.5. The Bertz CT molecular complexity index is 652. The molecule has 1 saturated carbocycles. The predicted octanol–water partition coefficient (Wildman–Crippen LogP) is 1.71. The van der Waals surface area contributed by atoms with Crippen LogP contribution in [-0.4, -0.2) is 25.4 Å². The number of rotatable bonds is 5. The first-order valence-electron chi connectivity index (χ1n) is 7.38. The highest BCUT2D eigenvalue weighted by atomic mass is 32.2. The molecule has 8 heteroatoms. The van der Waals surface area contributed by atoms with Crippen molar-refractivity contribution in [3.8, 4) is 0 Å². The van der Waals surface area contributed by atoms with Crippen LogP contribution in [0.3, 0.4) is 0 Å². The van der Waals surface area contributed by atoms with Gasteiger partial charge in [-0.2, -0.15) is 0 Å². The van der Waals surface area contributed by atoms with Crippen LogP contribution in [-0.2, 0) is 16.4 Å². The van der Waals surface area contributed by atoms with Gasteiger partial charge in [-0.25, -0.2) is 13.1 Å². The molecule has 1 fully saturated rings. The Kier molecular flexibility index (Phi) is 5.15. The fourth-order valence-electron chi connectivity index (χ4n) is 2.72. The van der Waals surface area contributed by atoms with Gasteiger partial charge in [0.2, 0.25) is 10.0 Å². The van der Waals surface area contributed by atoms with Crippen LogP contribution in [0.15, 0.2) is 23.1 Å². The number of nitro groups is 1. The number of hydrogen-bond donors (Lipinski definition) is 2. The molecule has 0 atom stereocenters. The van der Waals surface area contributed by atoms with Crippen molar-refractivity contribution in [3.05, 3.63) is 33.9 Å². The number of nitrogens with zero attached hydrogens (tertiary/aromatic N) is 1. The summed E-state index contributed by atoms with van der Waals surface area (Å²) in [6.07, 6.45) is 3.43. The largest absolute Gasteiger partial charge is 0.328 e. The van der Waals surface area contributed by atoms with Gasteiger partial charge < -0.3 is 5.73 Å². The second-order valence-electron chi connectivity index (χ2n) is 5.64. The topological polar surface area (TPSA) is 115 Å². The molecular weight excluding hydrogens is 306 g/mol. The van der Waals surface area contributed by atoms with Crippen molar-refractivity contribution in [1.29, 1.82) is 0 Å². The first-order valence-corrected chi connectivity index (χ1v) is 8.87. The summed E-state index contributed by atoms with van der Waals surface area (Å²) < 4.78 is 27.8. The van der Waals surface area contributed by atoms with Gasteiger partial charge in [0.1, 0.15) is 0 Å². The maximum absolute atomic E-state index is 12.6. The van der Waals surface area contributed by atoms with Gasteiger partial charge in [-0.3, -0.25) is 10.1 Å². The molecule has 0 aliphatic heterocycles. The second kappa shape index (κ2) is 6.72. The first kappa shape index (κ1) is 16.9. The maximum atomic E-state index is 12.6. The van der Waals surface area contributed by atoms with E-state index in [0.29, 0.717) is 24.8 Å². The Morgan fingerprint density at radius 2 is 1.95 bits per heavy atom. The van der Waals surface area contributed by atoms with Gasteiger partial charge in [-0.05, 0) is 37.7 Å². The molecule has 122 valence electrons. The third kappa shape index (κ3) is 3.82. The monoisotopic (exact) mass is 327 g/mol. The molecule has 0 radical (unpaired) electrons. The molecule has 1 aliphatic carbocycles. The highest BCUT2D eigenvalue weighted by Gasteiger charge is 2.27. The van der Waals surface area contributed by atoms with E-state index in [-0.39, 0.29) is 22.7 Å². The Hall–Kier alpha value is -1.51. The van der Waals surface area contributed by atoms with Crippen LogP contribution in [0.1, 0.15) is 38.2 Å². The lowest BCUT2D eigenvalue weighted by Crippen LogP contribution is -2.40. The molecular formula is C14H21N3O4S. The minimum absolute atomic E-state index is 0.000859. The quantitative estimate of drug-likeness (QED) is 0.631. The van der Waals surface area contributed by atoms with Crippen molar-refractivity contribution in [2.75, 3.05) is 0 Å². The van der Waals surface area contributed by atoms with Gasteiger partial charge in [-0.1, -0.05) is 13.0 Å². The zero-order chi connectivity index (χ0) is 16.3. The molecule has 0 bridgehead atoms. The molecule has 0 aromatic heterocycles. The highest BCUT2D eigenvalue weighted by Crippen LogP contribution is 2.25. The summed E-state index contributed by atoms with van der Waals surface area (Å²) in [4.78, 5) is 10.3. The number of non-ortho nitro benzene ring substituents is 1. The van der Waals surface area contributed by atoms with Crippen LogP contribution in [0.4, 0.5) is 5.69 Å². The molecule has 2 rings (SSSR count). The van der Waals surface area contributed by atoms with Crippen LogP contribution >= 0.6 is 0 Å². The molecule has 3 N–H and O–H groups in total. The van der Waals surface area contributed by atoms with E-state index >= 15 is 0 Å². The third-order valence-electron chi connectivity index (χ3n) is 4.03. The average Bonchev–Trinajstić information content (AvgIpc) is 2.48. The summed E-state index contributed by atoms with van der Waals surface area (Å²) >= 11 is 0. The van der Waals surface area contributed by atoms with Crippen molar-refractivity contribution >= 4 is 15.7 Å². The molecule has 1 aromatic rings. The van der Waals surface area contributed by atoms with Crippen LogP contribution in [0.2, 0.25) is 0 Å². The van der Waals surface area contributed by atoms with Crippen LogP contribution < -0.4 is 10.5 Å². The molecule has 0 unspecified atom stereocenters. The van der Waals surface area contributed by atoms with Crippen molar-refractivity contribution in [2.45, 2.75) is 56.0 Å². The van der Waals surface area contributed by atoms with Gasteiger partial charge in [0.15, 0.2) is 0 Å². The molecule has 1 aromatic carbocycles. The van der Waals surface area contributed by atoms with Gasteiger partial charge >= 0.3 is 0 Å². The first-order chi connectivity index (χ1) is 10.3. The Morgan fingerprint density at radius 3 is 2.50 bits per heavy atom. The van der Waals surface area contributed by atoms with E-state index in [9.17, 15) is 18.5 Å². The van der Waals surface area contributed by atoms with Crippen molar-refractivity contribution in [2.24, 2.45) is 5.73 Å². The van der Waals surface area contributed by atoms with Gasteiger partial charge in [-0.15, -0.1) is 0 Å². The van der Waals surface area contributed by atoms with E-state index in [1.54, 1.807) is 0 Å². The average molecular weight is 327 g/mol. The molecule has 7 nitrogen and oxygen atoms in total. The Balaban J connectivity index is 2.28. The lowest BCUT2D eigenvalue weighted by atomic mass is 9.93. The van der Waals surface area contributed by atoms with E-state index in [1.165, 1.54) is 12.1 Å². The van der Waals surface area contributed by atoms with Gasteiger partial charge in [0, 0.05) is 24.2 Å². The number of aryl methyl sites for hydroxylation is 1. The zero-order valence-electron chi connectivity index (χ0n) is 12.5. The maximum Gasteiger partial charge on any atom is 0.270 e. The second-order valence-corrected chi connectivity index (χ2v) is 7.32. The smallest absolute Gasteiger partial charge is 0.270 e. The van der Waals surface area contributed by atoms with Crippen molar-refractivity contribution in [3.63, 3.8) is 0 Å². The number of nitrogens with one attached hydrogen (secondary N) is 1. The summed E-state index contributed by atoms with van der Waals surface area (Å²) in [6, 6.07) is 3.94. The van der Waals surface area contributed by atoms with Crippen LogP contribution in [0.5, 0.6) is 0 Å². The summed E-state index contributed by atoms with van der Waals surface area (Å²) in [5, 5.41) is 10.9. The van der Waals surface area contributed by atoms with Crippen LogP contribution in [0, 0.1) is 10.1 Å². The number of sulfonamides is 1. The molecule has 0 saturated heterocycles. The predicted molar refractivity (Wildman–Crippen MR) is 83.0 cm³/mol. The summed E-state index contributed by atoms with van der Waals surface area (Å²) in [6.45, 7) is 1.82. The molecule has 1 aliphatic rings. The van der Waals surface area contributed by atoms with E-state index in [4.69, 9.17) is 5.73 Å². The Morgan fingerprint density at radius 1 is 1.32 bits per heavy atom. The number of nitrogens with two attached hydrogens (primary N) is 1. The molecule has 0 amide bonds. The SMILES string of the molecule is CCc1ccc([N+](=O)[O-])cc1S(=O)(=O)NC1CCC(N)CC1. The number of nitro benzene ring substituents is 1. The van der Waals surface area contributed by atoms with Crippen molar-refractivity contribution in [1.82, 2.24) is 4.72 Å². The van der Waals surface area contributed by atoms with E-state index < -0.39 is 14.9 Å². The summed E-state index contributed by atoms with van der Waals surface area (Å²) in [5.74, 6) is 0. The van der Waals surface area contributed by atoms with Gasteiger partial charge in [0.25, 0.3) is 5.69 Å². The highest BCUT2D eigenvalue weighted by molar-refractivity contribution is 7.89. The third-order valence-corrected chi connectivity index (χ3v) is 5.63. The van der Waals surface area contributed by atoms with E-state index in [0.717, 1.165) is 18.9 Å². The lowest BCUT2D eigenvalue weighted by molar-refractivity contribution is -0.385. The minimum Gasteiger partial charge on any atom is -0.328 e. The fraction of sp³-hybridized carbons (Fsp3) is 0.571. The zero-order valence-corrected chi connectivity index (χ0v) is 13.3.